The zero-order valence-corrected chi connectivity index (χ0v) is 25.0. The third-order valence-electron chi connectivity index (χ3n) is 7.76. The lowest BCUT2D eigenvalue weighted by molar-refractivity contribution is 0.171. The van der Waals surface area contributed by atoms with E-state index in [1.165, 1.54) is 48.5 Å². The highest BCUT2D eigenvalue weighted by Gasteiger charge is 2.20. The van der Waals surface area contributed by atoms with Gasteiger partial charge in [-0.1, -0.05) is 91.0 Å². The van der Waals surface area contributed by atoms with E-state index in [2.05, 4.69) is 22.0 Å². The van der Waals surface area contributed by atoms with Crippen LogP contribution in [0.1, 0.15) is 34.2 Å². The number of hydrogen-bond acceptors (Lipinski definition) is 2. The van der Waals surface area contributed by atoms with E-state index in [4.69, 9.17) is 0 Å². The lowest BCUT2D eigenvalue weighted by atomic mass is 10.0. The molecule has 45 heavy (non-hydrogen) atoms. The van der Waals surface area contributed by atoms with Gasteiger partial charge in [0.05, 0.1) is 0 Å². The summed E-state index contributed by atoms with van der Waals surface area (Å²) in [5.74, 6) is -1.15. The van der Waals surface area contributed by atoms with Gasteiger partial charge in [-0.2, -0.15) is 0 Å². The molecular weight excluding hydrogens is 572 g/mol. The molecule has 0 saturated carbocycles. The number of rotatable bonds is 14. The highest BCUT2D eigenvalue weighted by molar-refractivity contribution is 5.49. The quantitative estimate of drug-likeness (QED) is 0.116. The van der Waals surface area contributed by atoms with E-state index < -0.39 is 0 Å². The van der Waals surface area contributed by atoms with Crippen LogP contribution in [0.3, 0.4) is 0 Å². The Morgan fingerprint density at radius 2 is 0.844 bits per heavy atom. The summed E-state index contributed by atoms with van der Waals surface area (Å²) >= 11 is 0. The van der Waals surface area contributed by atoms with Crippen LogP contribution in [-0.2, 0) is 26.2 Å². The first-order valence-corrected chi connectivity index (χ1v) is 15.1. The zero-order valence-electron chi connectivity index (χ0n) is 25.0. The molecule has 0 heterocycles. The maximum atomic E-state index is 13.8. The molecule has 0 saturated heterocycles. The third-order valence-corrected chi connectivity index (χ3v) is 7.76. The molecule has 6 heteroatoms. The zero-order chi connectivity index (χ0) is 31.4. The monoisotopic (exact) mass is 608 g/mol. The van der Waals surface area contributed by atoms with Crippen LogP contribution >= 0.6 is 0 Å². The van der Waals surface area contributed by atoms with Gasteiger partial charge in [-0.3, -0.25) is 9.80 Å². The summed E-state index contributed by atoms with van der Waals surface area (Å²) in [6, 6.07) is 36.0. The van der Waals surface area contributed by atoms with Crippen LogP contribution in [-0.4, -0.2) is 22.4 Å². The topological polar surface area (TPSA) is 6.48 Å². The molecule has 5 aromatic carbocycles. The summed E-state index contributed by atoms with van der Waals surface area (Å²) in [7, 11) is 0. The first kappa shape index (κ1) is 31.9. The summed E-state index contributed by atoms with van der Waals surface area (Å²) in [6.07, 6.45) is 5.03. The van der Waals surface area contributed by atoms with Gasteiger partial charge in [-0.25, -0.2) is 17.6 Å². The fraction of sp³-hybridized carbons (Fsp3) is 0.179. The molecule has 2 nitrogen and oxygen atoms in total. The number of benzene rings is 5. The lowest BCUT2D eigenvalue weighted by Crippen LogP contribution is -2.36. The van der Waals surface area contributed by atoms with Gasteiger partial charge in [0.1, 0.15) is 23.3 Å². The number of hydrogen-bond donors (Lipinski definition) is 0. The maximum Gasteiger partial charge on any atom is 0.123 e. The van der Waals surface area contributed by atoms with Crippen molar-refractivity contribution < 1.29 is 17.6 Å². The van der Waals surface area contributed by atoms with E-state index in [1.807, 2.05) is 30.3 Å². The van der Waals surface area contributed by atoms with Crippen molar-refractivity contribution in [2.75, 3.05) is 6.54 Å². The lowest BCUT2D eigenvalue weighted by Gasteiger charge is -2.32. The van der Waals surface area contributed by atoms with Crippen LogP contribution in [0.25, 0.3) is 6.08 Å². The van der Waals surface area contributed by atoms with E-state index in [9.17, 15) is 17.6 Å². The Bertz CT molecular complexity index is 1520. The number of halogens is 4. The van der Waals surface area contributed by atoms with E-state index in [-0.39, 0.29) is 29.3 Å². The molecule has 0 bridgehead atoms. The minimum absolute atomic E-state index is 0.0516. The Kier molecular flexibility index (Phi) is 11.3. The standard InChI is InChI=1S/C39H36F4N2/c40-35-15-6-31(7-16-35)26-44(27-32-8-17-36(41)18-9-32)25-24-39(23-14-30-4-2-1-3-5-30)45(28-33-10-19-37(42)20-11-33)29-34-12-21-38(43)22-13-34/h1-23,39H,24-29H2/b23-14+/t39-/m1/s1. The molecule has 0 aromatic heterocycles. The van der Waals surface area contributed by atoms with Gasteiger partial charge < -0.3 is 0 Å². The van der Waals surface area contributed by atoms with Crippen molar-refractivity contribution in [3.05, 3.63) is 185 Å². The molecule has 0 spiro atoms. The SMILES string of the molecule is Fc1ccc(CN(CC[C@@H](/C=C/c2ccccc2)N(Cc2ccc(F)cc2)Cc2ccc(F)cc2)Cc2ccc(F)cc2)cc1. The van der Waals surface area contributed by atoms with Gasteiger partial charge in [-0.15, -0.1) is 0 Å². The Morgan fingerprint density at radius 3 is 1.24 bits per heavy atom. The van der Waals surface area contributed by atoms with E-state index in [0.717, 1.165) is 34.2 Å². The predicted molar refractivity (Wildman–Crippen MR) is 173 cm³/mol. The minimum atomic E-state index is -0.290. The van der Waals surface area contributed by atoms with Crippen LogP contribution in [0, 0.1) is 23.3 Å². The molecular formula is C39H36F4N2. The highest BCUT2D eigenvalue weighted by atomic mass is 19.1. The van der Waals surface area contributed by atoms with Gasteiger partial charge in [0.2, 0.25) is 0 Å². The Balaban J connectivity index is 1.44. The average molecular weight is 609 g/mol. The minimum Gasteiger partial charge on any atom is -0.295 e. The fourth-order valence-electron chi connectivity index (χ4n) is 5.35. The van der Waals surface area contributed by atoms with Gasteiger partial charge in [-0.05, 0) is 82.8 Å². The van der Waals surface area contributed by atoms with E-state index >= 15 is 0 Å². The second kappa shape index (κ2) is 16.0. The molecule has 0 amide bonds. The van der Waals surface area contributed by atoms with E-state index in [0.29, 0.717) is 32.7 Å². The molecule has 5 aromatic rings. The average Bonchev–Trinajstić information content (AvgIpc) is 3.05. The highest BCUT2D eigenvalue weighted by Crippen LogP contribution is 2.21. The summed E-state index contributed by atoms with van der Waals surface area (Å²) < 4.78 is 54.9. The van der Waals surface area contributed by atoms with Crippen LogP contribution in [0.2, 0.25) is 0 Å². The largest absolute Gasteiger partial charge is 0.295 e. The molecule has 0 N–H and O–H groups in total. The van der Waals surface area contributed by atoms with Crippen LogP contribution in [0.15, 0.2) is 133 Å². The van der Waals surface area contributed by atoms with Crippen molar-refractivity contribution in [3.63, 3.8) is 0 Å². The van der Waals surface area contributed by atoms with Crippen LogP contribution in [0.4, 0.5) is 17.6 Å². The second-order valence-corrected chi connectivity index (χ2v) is 11.2. The normalized spacial score (nSPS) is 12.3. The molecule has 230 valence electrons. The van der Waals surface area contributed by atoms with Crippen LogP contribution in [0.5, 0.6) is 0 Å². The summed E-state index contributed by atoms with van der Waals surface area (Å²) in [5, 5.41) is 0. The van der Waals surface area contributed by atoms with Gasteiger partial charge in [0.25, 0.3) is 0 Å². The molecule has 5 rings (SSSR count). The van der Waals surface area contributed by atoms with Crippen molar-refractivity contribution in [2.45, 2.75) is 38.6 Å². The molecule has 0 unspecified atom stereocenters. The number of nitrogens with zero attached hydrogens (tertiary/aromatic N) is 2. The summed E-state index contributed by atoms with van der Waals surface area (Å²) in [5.41, 5.74) is 4.95. The van der Waals surface area contributed by atoms with E-state index in [1.54, 1.807) is 48.5 Å². The molecule has 1 atom stereocenters. The Labute approximate surface area is 262 Å². The second-order valence-electron chi connectivity index (χ2n) is 11.2. The maximum absolute atomic E-state index is 13.8. The Hall–Kier alpha value is -4.52. The van der Waals surface area contributed by atoms with Crippen molar-refractivity contribution >= 4 is 6.08 Å². The first-order valence-electron chi connectivity index (χ1n) is 15.1. The fourth-order valence-corrected chi connectivity index (χ4v) is 5.35. The molecule has 0 radical (unpaired) electrons. The van der Waals surface area contributed by atoms with Gasteiger partial charge in [0, 0.05) is 38.8 Å². The van der Waals surface area contributed by atoms with Gasteiger partial charge in [0.15, 0.2) is 0 Å². The van der Waals surface area contributed by atoms with Crippen molar-refractivity contribution in [3.8, 4) is 0 Å². The first-order chi connectivity index (χ1) is 21.9. The Morgan fingerprint density at radius 1 is 0.467 bits per heavy atom. The summed E-state index contributed by atoms with van der Waals surface area (Å²) in [4.78, 5) is 4.59. The third kappa shape index (κ3) is 10.3. The van der Waals surface area contributed by atoms with Crippen molar-refractivity contribution in [1.29, 1.82) is 0 Å². The van der Waals surface area contributed by atoms with Crippen molar-refractivity contribution in [1.82, 2.24) is 9.80 Å². The molecule has 0 aliphatic heterocycles. The molecule has 0 fully saturated rings. The molecule has 0 aliphatic rings. The van der Waals surface area contributed by atoms with Gasteiger partial charge >= 0.3 is 0 Å². The summed E-state index contributed by atoms with van der Waals surface area (Å²) in [6.45, 7) is 2.96. The van der Waals surface area contributed by atoms with Crippen molar-refractivity contribution in [2.24, 2.45) is 0 Å². The molecule has 0 aliphatic carbocycles. The van der Waals surface area contributed by atoms with Crippen LogP contribution < -0.4 is 0 Å². The smallest absolute Gasteiger partial charge is 0.123 e. The predicted octanol–water partition coefficient (Wildman–Crippen LogP) is 9.42.